The van der Waals surface area contributed by atoms with E-state index >= 15 is 0 Å². The first-order valence-corrected chi connectivity index (χ1v) is 8.08. The van der Waals surface area contributed by atoms with E-state index in [9.17, 15) is 9.59 Å². The second kappa shape index (κ2) is 7.78. The number of hydrogen-bond acceptors (Lipinski definition) is 5. The molecule has 7 nitrogen and oxygen atoms in total. The maximum absolute atomic E-state index is 12.6. The Bertz CT molecular complexity index is 878. The van der Waals surface area contributed by atoms with Crippen LogP contribution in [0.15, 0.2) is 60.1 Å². The summed E-state index contributed by atoms with van der Waals surface area (Å²) in [4.78, 5) is 25.0. The molecule has 2 amide bonds. The maximum Gasteiger partial charge on any atom is 0.285 e. The molecule has 2 aliphatic heterocycles. The summed E-state index contributed by atoms with van der Waals surface area (Å²) in [7, 11) is 0. The van der Waals surface area contributed by atoms with Crippen LogP contribution < -0.4 is 10.7 Å². The third kappa shape index (κ3) is 3.88. The lowest BCUT2D eigenvalue weighted by molar-refractivity contribution is -0.141. The number of aliphatic hydroxyl groups excluding tert-OH is 1. The van der Waals surface area contributed by atoms with E-state index in [1.807, 2.05) is 0 Å². The van der Waals surface area contributed by atoms with Crippen LogP contribution in [0, 0.1) is 11.8 Å². The van der Waals surface area contributed by atoms with Crippen molar-refractivity contribution in [3.05, 3.63) is 70.7 Å². The molecule has 3 N–H and O–H groups in total. The minimum atomic E-state index is -0.497. The minimum absolute atomic E-state index is 0.0313. The summed E-state index contributed by atoms with van der Waals surface area (Å²) in [5, 5.41) is 14.7. The third-order valence-electron chi connectivity index (χ3n) is 3.59. The van der Waals surface area contributed by atoms with E-state index in [0.717, 1.165) is 5.56 Å². The Hall–Kier alpha value is -3.21. The Balaban J connectivity index is 1.69. The van der Waals surface area contributed by atoms with Gasteiger partial charge in [-0.3, -0.25) is 15.0 Å². The fourth-order valence-electron chi connectivity index (χ4n) is 2.30. The number of benzene rings is 1. The smallest absolute Gasteiger partial charge is 0.285 e. The Morgan fingerprint density at radius 2 is 2.08 bits per heavy atom. The number of rotatable bonds is 3. The van der Waals surface area contributed by atoms with Crippen molar-refractivity contribution in [2.24, 2.45) is 0 Å². The van der Waals surface area contributed by atoms with Crippen molar-refractivity contribution >= 4 is 23.4 Å². The van der Waals surface area contributed by atoms with Crippen LogP contribution in [0.4, 0.5) is 0 Å². The average molecular weight is 371 g/mol. The molecular weight excluding hydrogens is 356 g/mol. The van der Waals surface area contributed by atoms with Gasteiger partial charge < -0.3 is 10.4 Å². The zero-order valence-corrected chi connectivity index (χ0v) is 14.3. The number of halogens is 1. The van der Waals surface area contributed by atoms with Crippen LogP contribution in [0.25, 0.3) is 0 Å². The van der Waals surface area contributed by atoms with Gasteiger partial charge in [0.05, 0.1) is 0 Å². The highest BCUT2D eigenvalue weighted by molar-refractivity contribution is 6.30. The van der Waals surface area contributed by atoms with Gasteiger partial charge in [0.15, 0.2) is 0 Å². The number of carbonyl (C=O) groups is 2. The van der Waals surface area contributed by atoms with Crippen LogP contribution in [-0.2, 0) is 16.1 Å². The van der Waals surface area contributed by atoms with Crippen molar-refractivity contribution in [1.29, 1.82) is 0 Å². The zero-order valence-electron chi connectivity index (χ0n) is 13.6. The molecular formula is C18H15ClN4O3. The first-order chi connectivity index (χ1) is 12.6. The predicted molar refractivity (Wildman–Crippen MR) is 95.3 cm³/mol. The van der Waals surface area contributed by atoms with Crippen molar-refractivity contribution < 1.29 is 14.7 Å². The molecule has 0 bridgehead atoms. The summed E-state index contributed by atoms with van der Waals surface area (Å²) in [5.41, 5.74) is 4.20. The van der Waals surface area contributed by atoms with Gasteiger partial charge in [0.2, 0.25) is 0 Å². The van der Waals surface area contributed by atoms with E-state index in [-0.39, 0.29) is 18.7 Å². The van der Waals surface area contributed by atoms with E-state index in [0.29, 0.717) is 10.6 Å². The number of hydrazine groups is 2. The summed E-state index contributed by atoms with van der Waals surface area (Å²) in [5.74, 6) is 4.23. The molecule has 132 valence electrons. The number of amides is 2. The second-order valence-corrected chi connectivity index (χ2v) is 5.79. The van der Waals surface area contributed by atoms with Gasteiger partial charge in [-0.2, -0.15) is 5.12 Å². The van der Waals surface area contributed by atoms with Gasteiger partial charge >= 0.3 is 0 Å². The first kappa shape index (κ1) is 17.6. The molecule has 8 heteroatoms. The van der Waals surface area contributed by atoms with E-state index in [2.05, 4.69) is 22.6 Å². The van der Waals surface area contributed by atoms with Crippen LogP contribution in [0.5, 0.6) is 0 Å². The minimum Gasteiger partial charge on any atom is -0.384 e. The number of hydrogen-bond donors (Lipinski definition) is 3. The van der Waals surface area contributed by atoms with E-state index in [4.69, 9.17) is 16.7 Å². The Labute approximate surface area is 155 Å². The van der Waals surface area contributed by atoms with Crippen LogP contribution in [-0.4, -0.2) is 33.7 Å². The quantitative estimate of drug-likeness (QED) is 0.541. The van der Waals surface area contributed by atoms with Crippen LogP contribution in [0.3, 0.4) is 0 Å². The lowest BCUT2D eigenvalue weighted by Gasteiger charge is -2.36. The number of fused-ring (bicyclic) bond motifs is 1. The fraction of sp³-hybridized carbons (Fsp3) is 0.111. The van der Waals surface area contributed by atoms with Gasteiger partial charge in [0, 0.05) is 35.7 Å². The largest absolute Gasteiger partial charge is 0.384 e. The molecule has 0 radical (unpaired) electrons. The SMILES string of the molecule is O=C(NCc1ccc(Cl)cc1)C1=CNN2C=CC(C#CCO)=CN2C1=O. The number of allylic oxidation sites excluding steroid dienone is 2. The van der Waals surface area contributed by atoms with Crippen molar-refractivity contribution in [3.63, 3.8) is 0 Å². The molecule has 0 aliphatic carbocycles. The highest BCUT2D eigenvalue weighted by atomic mass is 35.5. The van der Waals surface area contributed by atoms with E-state index < -0.39 is 11.8 Å². The van der Waals surface area contributed by atoms with Crippen molar-refractivity contribution in [3.8, 4) is 11.8 Å². The summed E-state index contributed by atoms with van der Waals surface area (Å²) in [6.07, 6.45) is 6.10. The Morgan fingerprint density at radius 1 is 1.31 bits per heavy atom. The Morgan fingerprint density at radius 3 is 2.81 bits per heavy atom. The molecule has 1 aromatic rings. The molecule has 0 aromatic heterocycles. The summed E-state index contributed by atoms with van der Waals surface area (Å²) < 4.78 is 0. The number of nitrogens with one attached hydrogen (secondary N) is 2. The van der Waals surface area contributed by atoms with E-state index in [1.54, 1.807) is 36.5 Å². The predicted octanol–water partition coefficient (Wildman–Crippen LogP) is 0.811. The van der Waals surface area contributed by atoms with Crippen molar-refractivity contribution in [2.45, 2.75) is 6.54 Å². The van der Waals surface area contributed by atoms with Gasteiger partial charge in [-0.1, -0.05) is 35.6 Å². The van der Waals surface area contributed by atoms with E-state index in [1.165, 1.54) is 22.5 Å². The van der Waals surface area contributed by atoms with Crippen LogP contribution in [0.1, 0.15) is 5.56 Å². The monoisotopic (exact) mass is 370 g/mol. The molecule has 2 aliphatic rings. The maximum atomic E-state index is 12.6. The molecule has 26 heavy (non-hydrogen) atoms. The number of carbonyl (C=O) groups excluding carboxylic acids is 2. The molecule has 2 heterocycles. The van der Waals surface area contributed by atoms with Gasteiger partial charge in [0.1, 0.15) is 12.2 Å². The normalized spacial score (nSPS) is 15.2. The van der Waals surface area contributed by atoms with Gasteiger partial charge in [0.25, 0.3) is 11.8 Å². The van der Waals surface area contributed by atoms with Crippen molar-refractivity contribution in [1.82, 2.24) is 20.9 Å². The lowest BCUT2D eigenvalue weighted by atomic mass is 10.2. The van der Waals surface area contributed by atoms with Crippen molar-refractivity contribution in [2.75, 3.05) is 6.61 Å². The van der Waals surface area contributed by atoms with Crippen LogP contribution in [0.2, 0.25) is 5.02 Å². The molecule has 0 fully saturated rings. The molecule has 0 saturated carbocycles. The third-order valence-corrected chi connectivity index (χ3v) is 3.84. The van der Waals surface area contributed by atoms with Gasteiger partial charge in [-0.15, -0.1) is 0 Å². The standard InChI is InChI=1S/C18H15ClN4O3/c19-15-5-3-13(4-6-15)10-20-17(25)16-11-21-23-8-7-14(2-1-9-24)12-22(23)18(16)26/h3-8,11-12,21,24H,9-10H2,(H,20,25). The zero-order chi connectivity index (χ0) is 18.5. The molecule has 0 saturated heterocycles. The molecule has 0 spiro atoms. The summed E-state index contributed by atoms with van der Waals surface area (Å²) in [6, 6.07) is 7.05. The first-order valence-electron chi connectivity index (χ1n) is 7.70. The second-order valence-electron chi connectivity index (χ2n) is 5.35. The highest BCUT2D eigenvalue weighted by Gasteiger charge is 2.31. The number of nitrogens with zero attached hydrogens (tertiary/aromatic N) is 2. The van der Waals surface area contributed by atoms with Crippen LogP contribution >= 0.6 is 11.6 Å². The van der Waals surface area contributed by atoms with Gasteiger partial charge in [-0.25, -0.2) is 5.01 Å². The average Bonchev–Trinajstić information content (AvgIpc) is 2.66. The lowest BCUT2D eigenvalue weighted by Crippen LogP contribution is -2.53. The molecule has 0 unspecified atom stereocenters. The number of aliphatic hydroxyl groups is 1. The molecule has 0 atom stereocenters. The van der Waals surface area contributed by atoms with Gasteiger partial charge in [-0.05, 0) is 23.8 Å². The topological polar surface area (TPSA) is 84.9 Å². The Kier molecular flexibility index (Phi) is 5.27. The molecule has 1 aromatic carbocycles. The summed E-state index contributed by atoms with van der Waals surface area (Å²) in [6.45, 7) is -0.00729. The fourth-order valence-corrected chi connectivity index (χ4v) is 2.42. The molecule has 3 rings (SSSR count). The summed E-state index contributed by atoms with van der Waals surface area (Å²) >= 11 is 5.83. The highest BCUT2D eigenvalue weighted by Crippen LogP contribution is 2.17.